The van der Waals surface area contributed by atoms with Gasteiger partial charge in [-0.25, -0.2) is 4.98 Å². The Hall–Kier alpha value is -3.60. The second kappa shape index (κ2) is 7.33. The zero-order valence-corrected chi connectivity index (χ0v) is 14.9. The fourth-order valence-electron chi connectivity index (χ4n) is 2.97. The van der Waals surface area contributed by atoms with Crippen LogP contribution in [0.2, 0.25) is 0 Å². The molecule has 0 aliphatic heterocycles. The highest BCUT2D eigenvalue weighted by Gasteiger charge is 2.22. The lowest BCUT2D eigenvalue weighted by Crippen LogP contribution is -2.31. The molecule has 2 aromatic heterocycles. The van der Waals surface area contributed by atoms with E-state index in [1.165, 1.54) is 6.26 Å². The smallest absolute Gasteiger partial charge is 0.294 e. The molecule has 0 fully saturated rings. The standard InChI is InChI=1S/C22H19N3O2/c1-24-14-13-23-21(24)16-25(22(26)20-8-5-15-27-20)19-11-9-18(10-12-19)17-6-3-2-4-7-17/h2-15H,16H2,1H3. The fourth-order valence-corrected chi connectivity index (χ4v) is 2.97. The number of carbonyl (C=O) groups excluding carboxylic acids is 1. The minimum absolute atomic E-state index is 0.199. The molecule has 4 aromatic rings. The molecular weight excluding hydrogens is 338 g/mol. The zero-order valence-electron chi connectivity index (χ0n) is 14.9. The number of furan rings is 1. The molecule has 0 saturated carbocycles. The van der Waals surface area contributed by atoms with Crippen LogP contribution in [0.4, 0.5) is 5.69 Å². The minimum Gasteiger partial charge on any atom is -0.459 e. The van der Waals surface area contributed by atoms with E-state index in [4.69, 9.17) is 4.42 Å². The Balaban J connectivity index is 1.67. The average molecular weight is 357 g/mol. The Kier molecular flexibility index (Phi) is 4.58. The van der Waals surface area contributed by atoms with E-state index in [2.05, 4.69) is 17.1 Å². The summed E-state index contributed by atoms with van der Waals surface area (Å²) in [6, 6.07) is 21.5. The monoisotopic (exact) mass is 357 g/mol. The largest absolute Gasteiger partial charge is 0.459 e. The molecule has 2 heterocycles. The number of carbonyl (C=O) groups is 1. The lowest BCUT2D eigenvalue weighted by Gasteiger charge is -2.22. The number of amides is 1. The summed E-state index contributed by atoms with van der Waals surface area (Å²) in [5.41, 5.74) is 3.03. The van der Waals surface area contributed by atoms with Crippen molar-refractivity contribution in [1.82, 2.24) is 9.55 Å². The van der Waals surface area contributed by atoms with Crippen molar-refractivity contribution in [1.29, 1.82) is 0 Å². The maximum Gasteiger partial charge on any atom is 0.294 e. The predicted octanol–water partition coefficient (Wildman–Crippen LogP) is 4.53. The van der Waals surface area contributed by atoms with Gasteiger partial charge in [0.05, 0.1) is 12.8 Å². The summed E-state index contributed by atoms with van der Waals surface area (Å²) in [5.74, 6) is 0.897. The molecule has 0 spiro atoms. The number of nitrogens with zero attached hydrogens (tertiary/aromatic N) is 3. The van der Waals surface area contributed by atoms with Crippen LogP contribution in [0.15, 0.2) is 89.8 Å². The molecule has 4 rings (SSSR count). The first-order valence-electron chi connectivity index (χ1n) is 8.69. The molecule has 0 bridgehead atoms. The average Bonchev–Trinajstić information content (AvgIpc) is 3.39. The van der Waals surface area contributed by atoms with Crippen LogP contribution in [0.3, 0.4) is 0 Å². The van der Waals surface area contributed by atoms with Crippen molar-refractivity contribution in [2.24, 2.45) is 7.05 Å². The van der Waals surface area contributed by atoms with Crippen molar-refractivity contribution in [2.45, 2.75) is 6.54 Å². The van der Waals surface area contributed by atoms with Gasteiger partial charge < -0.3 is 8.98 Å². The second-order valence-corrected chi connectivity index (χ2v) is 6.24. The summed E-state index contributed by atoms with van der Waals surface area (Å²) >= 11 is 0. The summed E-state index contributed by atoms with van der Waals surface area (Å²) in [7, 11) is 1.91. The lowest BCUT2D eigenvalue weighted by molar-refractivity contribution is 0.0957. The fraction of sp³-hybridized carbons (Fsp3) is 0.0909. The number of hydrogen-bond donors (Lipinski definition) is 0. The number of benzene rings is 2. The van der Waals surface area contributed by atoms with Gasteiger partial charge in [-0.1, -0.05) is 42.5 Å². The maximum atomic E-state index is 13.0. The molecule has 134 valence electrons. The van der Waals surface area contributed by atoms with Crippen molar-refractivity contribution in [3.63, 3.8) is 0 Å². The van der Waals surface area contributed by atoms with E-state index < -0.39 is 0 Å². The van der Waals surface area contributed by atoms with Crippen molar-refractivity contribution in [2.75, 3.05) is 4.90 Å². The molecule has 0 aliphatic rings. The van der Waals surface area contributed by atoms with Gasteiger partial charge in [-0.3, -0.25) is 9.69 Å². The van der Waals surface area contributed by atoms with Gasteiger partial charge in [0, 0.05) is 25.1 Å². The first-order valence-corrected chi connectivity index (χ1v) is 8.69. The van der Waals surface area contributed by atoms with Crippen LogP contribution in [0, 0.1) is 0 Å². The Labute approximate surface area is 157 Å². The Morgan fingerprint density at radius 1 is 1.00 bits per heavy atom. The van der Waals surface area contributed by atoms with Crippen molar-refractivity contribution >= 4 is 11.6 Å². The molecular formula is C22H19N3O2. The van der Waals surface area contributed by atoms with Gasteiger partial charge >= 0.3 is 0 Å². The highest BCUT2D eigenvalue weighted by molar-refractivity contribution is 6.04. The highest BCUT2D eigenvalue weighted by atomic mass is 16.3. The molecule has 0 atom stereocenters. The summed E-state index contributed by atoms with van der Waals surface area (Å²) in [5, 5.41) is 0. The van der Waals surface area contributed by atoms with E-state index in [9.17, 15) is 4.79 Å². The lowest BCUT2D eigenvalue weighted by atomic mass is 10.1. The van der Waals surface area contributed by atoms with Crippen LogP contribution in [0.5, 0.6) is 0 Å². The molecule has 0 radical (unpaired) electrons. The number of rotatable bonds is 5. The van der Waals surface area contributed by atoms with Gasteiger partial charge in [0.2, 0.25) is 0 Å². The molecule has 0 aliphatic carbocycles. The van der Waals surface area contributed by atoms with E-state index in [1.54, 1.807) is 23.2 Å². The van der Waals surface area contributed by atoms with Crippen molar-refractivity contribution in [3.8, 4) is 11.1 Å². The van der Waals surface area contributed by atoms with Crippen molar-refractivity contribution < 1.29 is 9.21 Å². The van der Waals surface area contributed by atoms with Crippen LogP contribution < -0.4 is 4.90 Å². The molecule has 27 heavy (non-hydrogen) atoms. The number of aromatic nitrogens is 2. The normalized spacial score (nSPS) is 10.7. The van der Waals surface area contributed by atoms with Gasteiger partial charge in [0.1, 0.15) is 5.82 Å². The van der Waals surface area contributed by atoms with Gasteiger partial charge in [0.15, 0.2) is 5.76 Å². The topological polar surface area (TPSA) is 51.3 Å². The molecule has 1 amide bonds. The first-order chi connectivity index (χ1) is 13.2. The number of hydrogen-bond acceptors (Lipinski definition) is 3. The summed E-state index contributed by atoms with van der Waals surface area (Å²) < 4.78 is 7.23. The molecule has 0 unspecified atom stereocenters. The molecule has 2 aromatic carbocycles. The van der Waals surface area contributed by atoms with Gasteiger partial charge in [-0.15, -0.1) is 0 Å². The van der Waals surface area contributed by atoms with Crippen LogP contribution in [-0.4, -0.2) is 15.5 Å². The second-order valence-electron chi connectivity index (χ2n) is 6.24. The van der Waals surface area contributed by atoms with E-state index in [-0.39, 0.29) is 5.91 Å². The van der Waals surface area contributed by atoms with Crippen LogP contribution in [-0.2, 0) is 13.6 Å². The zero-order chi connectivity index (χ0) is 18.6. The van der Waals surface area contributed by atoms with Crippen LogP contribution >= 0.6 is 0 Å². The van der Waals surface area contributed by atoms with E-state index in [1.807, 2.05) is 60.3 Å². The molecule has 0 N–H and O–H groups in total. The summed E-state index contributed by atoms with van der Waals surface area (Å²) in [4.78, 5) is 19.0. The van der Waals surface area contributed by atoms with Gasteiger partial charge in [-0.05, 0) is 35.4 Å². The van der Waals surface area contributed by atoms with Gasteiger partial charge in [-0.2, -0.15) is 0 Å². The SMILES string of the molecule is Cn1ccnc1CN(C(=O)c1ccco1)c1ccc(-c2ccccc2)cc1. The Morgan fingerprint density at radius 3 is 2.37 bits per heavy atom. The summed E-state index contributed by atoms with van der Waals surface area (Å²) in [6.07, 6.45) is 5.09. The molecule has 5 heteroatoms. The quantitative estimate of drug-likeness (QED) is 0.527. The Morgan fingerprint density at radius 2 is 1.74 bits per heavy atom. The number of aryl methyl sites for hydroxylation is 1. The summed E-state index contributed by atoms with van der Waals surface area (Å²) in [6.45, 7) is 0.355. The molecule has 5 nitrogen and oxygen atoms in total. The Bertz CT molecular complexity index is 1020. The predicted molar refractivity (Wildman–Crippen MR) is 104 cm³/mol. The molecule has 0 saturated heterocycles. The number of anilines is 1. The minimum atomic E-state index is -0.199. The highest BCUT2D eigenvalue weighted by Crippen LogP contribution is 2.25. The third-order valence-electron chi connectivity index (χ3n) is 4.48. The van der Waals surface area contributed by atoms with Gasteiger partial charge in [0.25, 0.3) is 5.91 Å². The van der Waals surface area contributed by atoms with E-state index in [0.717, 1.165) is 22.6 Å². The third-order valence-corrected chi connectivity index (χ3v) is 4.48. The third kappa shape index (κ3) is 3.53. The maximum absolute atomic E-state index is 13.0. The van der Waals surface area contributed by atoms with E-state index >= 15 is 0 Å². The van der Waals surface area contributed by atoms with Crippen molar-refractivity contribution in [3.05, 3.63) is 97.0 Å². The number of imidazole rings is 1. The first kappa shape index (κ1) is 16.8. The van der Waals surface area contributed by atoms with Crippen LogP contribution in [0.1, 0.15) is 16.4 Å². The van der Waals surface area contributed by atoms with Crippen LogP contribution in [0.25, 0.3) is 11.1 Å². The van der Waals surface area contributed by atoms with E-state index in [0.29, 0.717) is 12.3 Å².